The van der Waals surface area contributed by atoms with Crippen LogP contribution in [0, 0.1) is 23.7 Å². The Hall–Kier alpha value is -0.860. The fourth-order valence-corrected chi connectivity index (χ4v) is 3.85. The molecular weight excluding hydrogens is 192 g/mol. The third kappa shape index (κ3) is 1.32. The molecule has 1 saturated heterocycles. The highest BCUT2D eigenvalue weighted by atomic mass is 16.6. The number of hydrogen-bond acceptors (Lipinski definition) is 3. The highest BCUT2D eigenvalue weighted by Crippen LogP contribution is 2.49. The second-order valence-electron chi connectivity index (χ2n) is 5.15. The van der Waals surface area contributed by atoms with Gasteiger partial charge in [-0.25, -0.2) is 0 Å². The van der Waals surface area contributed by atoms with Crippen LogP contribution in [0.25, 0.3) is 0 Å². The predicted octanol–water partition coefficient (Wildman–Crippen LogP) is 1.90. The van der Waals surface area contributed by atoms with Gasteiger partial charge >= 0.3 is 11.9 Å². The second kappa shape index (κ2) is 3.32. The average molecular weight is 208 g/mol. The van der Waals surface area contributed by atoms with Crippen molar-refractivity contribution in [2.45, 2.75) is 38.5 Å². The van der Waals surface area contributed by atoms with Crippen LogP contribution < -0.4 is 0 Å². The van der Waals surface area contributed by atoms with Gasteiger partial charge < -0.3 is 4.74 Å². The molecule has 0 amide bonds. The van der Waals surface area contributed by atoms with Crippen LogP contribution in [0.5, 0.6) is 0 Å². The summed E-state index contributed by atoms with van der Waals surface area (Å²) in [5.41, 5.74) is 0. The molecule has 0 aromatic heterocycles. The van der Waals surface area contributed by atoms with Gasteiger partial charge in [-0.05, 0) is 24.7 Å². The van der Waals surface area contributed by atoms with Gasteiger partial charge in [0.25, 0.3) is 0 Å². The van der Waals surface area contributed by atoms with Crippen LogP contribution in [0.15, 0.2) is 0 Å². The molecule has 3 rings (SSSR count). The van der Waals surface area contributed by atoms with Crippen LogP contribution in [0.2, 0.25) is 0 Å². The summed E-state index contributed by atoms with van der Waals surface area (Å²) in [7, 11) is 0. The lowest BCUT2D eigenvalue weighted by atomic mass is 9.60. The lowest BCUT2D eigenvalue weighted by Gasteiger charge is -2.46. The van der Waals surface area contributed by atoms with Gasteiger partial charge in [-0.3, -0.25) is 9.59 Å². The van der Waals surface area contributed by atoms with Crippen molar-refractivity contribution < 1.29 is 14.3 Å². The molecule has 0 unspecified atom stereocenters. The first kappa shape index (κ1) is 9.37. The zero-order chi connectivity index (χ0) is 10.4. The molecule has 3 heteroatoms. The Labute approximate surface area is 89.2 Å². The van der Waals surface area contributed by atoms with Crippen molar-refractivity contribution >= 4 is 11.9 Å². The first-order valence-electron chi connectivity index (χ1n) is 6.03. The molecule has 0 bridgehead atoms. The van der Waals surface area contributed by atoms with Crippen LogP contribution >= 0.6 is 0 Å². The van der Waals surface area contributed by atoms with Gasteiger partial charge in [0.05, 0.1) is 11.8 Å². The molecule has 2 atom stereocenters. The lowest BCUT2D eigenvalue weighted by molar-refractivity contribution is -0.183. The van der Waals surface area contributed by atoms with E-state index in [4.69, 9.17) is 4.74 Å². The second-order valence-corrected chi connectivity index (χ2v) is 5.15. The topological polar surface area (TPSA) is 43.4 Å². The van der Waals surface area contributed by atoms with E-state index in [1.165, 1.54) is 12.8 Å². The first-order chi connectivity index (χ1) is 7.27. The van der Waals surface area contributed by atoms with Crippen LogP contribution in [-0.4, -0.2) is 11.9 Å². The van der Waals surface area contributed by atoms with E-state index >= 15 is 0 Å². The van der Waals surface area contributed by atoms with Crippen molar-refractivity contribution in [1.29, 1.82) is 0 Å². The Morgan fingerprint density at radius 1 is 0.867 bits per heavy atom. The van der Waals surface area contributed by atoms with E-state index in [1.54, 1.807) is 0 Å². The van der Waals surface area contributed by atoms with Gasteiger partial charge in [0.1, 0.15) is 0 Å². The molecule has 1 heterocycles. The van der Waals surface area contributed by atoms with Crippen molar-refractivity contribution in [3.63, 3.8) is 0 Å². The van der Waals surface area contributed by atoms with Gasteiger partial charge in [-0.15, -0.1) is 0 Å². The van der Waals surface area contributed by atoms with E-state index in [2.05, 4.69) is 0 Å². The zero-order valence-electron chi connectivity index (χ0n) is 8.78. The smallest absolute Gasteiger partial charge is 0.316 e. The predicted molar refractivity (Wildman–Crippen MR) is 52.8 cm³/mol. The maximum absolute atomic E-state index is 11.6. The molecule has 3 nitrogen and oxygen atoms in total. The van der Waals surface area contributed by atoms with E-state index in [9.17, 15) is 9.59 Å². The maximum atomic E-state index is 11.6. The number of hydrogen-bond donors (Lipinski definition) is 0. The van der Waals surface area contributed by atoms with Gasteiger partial charge in [0.2, 0.25) is 0 Å². The standard InChI is InChI=1S/C12H16O3/c13-11-8-5-1-3-7-4-2-6-9(10(7)8)12(14)15-11/h7-10H,1-6H2/t7?,8-,9-,10?/m0/s1. The number of rotatable bonds is 0. The van der Waals surface area contributed by atoms with Crippen molar-refractivity contribution in [1.82, 2.24) is 0 Å². The lowest BCUT2D eigenvalue weighted by Crippen LogP contribution is -2.49. The van der Waals surface area contributed by atoms with E-state index in [0.29, 0.717) is 11.8 Å². The minimum absolute atomic E-state index is 0.0340. The molecule has 1 aliphatic heterocycles. The molecular formula is C12H16O3. The minimum Gasteiger partial charge on any atom is -0.393 e. The van der Waals surface area contributed by atoms with Gasteiger partial charge in [-0.1, -0.05) is 25.7 Å². The largest absolute Gasteiger partial charge is 0.393 e. The van der Waals surface area contributed by atoms with Crippen LogP contribution in [0.4, 0.5) is 0 Å². The molecule has 15 heavy (non-hydrogen) atoms. The number of cyclic esters (lactones) is 2. The Morgan fingerprint density at radius 3 is 1.93 bits per heavy atom. The monoisotopic (exact) mass is 208 g/mol. The summed E-state index contributed by atoms with van der Waals surface area (Å²) in [4.78, 5) is 23.3. The van der Waals surface area contributed by atoms with Crippen molar-refractivity contribution in [3.8, 4) is 0 Å². The molecule has 0 aromatic rings. The molecule has 3 aliphatic rings. The summed E-state index contributed by atoms with van der Waals surface area (Å²) in [6.07, 6.45) is 6.54. The van der Waals surface area contributed by atoms with E-state index in [1.807, 2.05) is 0 Å². The number of ether oxygens (including phenoxy) is 1. The average Bonchev–Trinajstić information content (AvgIpc) is 2.25. The van der Waals surface area contributed by atoms with E-state index in [0.717, 1.165) is 25.7 Å². The Kier molecular flexibility index (Phi) is 2.08. The fourth-order valence-electron chi connectivity index (χ4n) is 3.85. The van der Waals surface area contributed by atoms with Crippen molar-refractivity contribution in [2.24, 2.45) is 23.7 Å². The van der Waals surface area contributed by atoms with Crippen LogP contribution in [-0.2, 0) is 14.3 Å². The normalized spacial score (nSPS) is 44.5. The van der Waals surface area contributed by atoms with Crippen LogP contribution in [0.3, 0.4) is 0 Å². The molecule has 2 saturated carbocycles. The fraction of sp³-hybridized carbons (Fsp3) is 0.833. The van der Waals surface area contributed by atoms with Gasteiger partial charge in [0, 0.05) is 0 Å². The Morgan fingerprint density at radius 2 is 1.40 bits per heavy atom. The Balaban J connectivity index is 1.94. The number of esters is 2. The summed E-state index contributed by atoms with van der Waals surface area (Å²) < 4.78 is 4.86. The number of carbonyl (C=O) groups excluding carboxylic acids is 2. The van der Waals surface area contributed by atoms with Gasteiger partial charge in [0.15, 0.2) is 0 Å². The zero-order valence-corrected chi connectivity index (χ0v) is 8.78. The highest BCUT2D eigenvalue weighted by Gasteiger charge is 2.51. The molecule has 0 N–H and O–H groups in total. The molecule has 82 valence electrons. The molecule has 0 aromatic carbocycles. The van der Waals surface area contributed by atoms with Gasteiger partial charge in [-0.2, -0.15) is 0 Å². The summed E-state index contributed by atoms with van der Waals surface area (Å²) in [5.74, 6) is 0.514. The Bertz CT molecular complexity index is 282. The highest BCUT2D eigenvalue weighted by molar-refractivity contribution is 5.91. The molecule has 0 spiro atoms. The minimum atomic E-state index is -0.243. The van der Waals surface area contributed by atoms with E-state index in [-0.39, 0.29) is 23.8 Å². The van der Waals surface area contributed by atoms with E-state index < -0.39 is 0 Å². The van der Waals surface area contributed by atoms with Crippen molar-refractivity contribution in [3.05, 3.63) is 0 Å². The summed E-state index contributed by atoms with van der Waals surface area (Å²) in [6, 6.07) is 0. The molecule has 3 fully saturated rings. The SMILES string of the molecule is O=C1OC(=O)[C@H]2CCCC3CCC[C@H]1C32. The van der Waals surface area contributed by atoms with Crippen LogP contribution in [0.1, 0.15) is 38.5 Å². The third-order valence-electron chi connectivity index (χ3n) is 4.46. The quantitative estimate of drug-likeness (QED) is 0.451. The number of carbonyl (C=O) groups is 2. The maximum Gasteiger partial charge on any atom is 0.316 e. The molecule has 2 aliphatic carbocycles. The summed E-state index contributed by atoms with van der Waals surface area (Å²) in [6.45, 7) is 0. The summed E-state index contributed by atoms with van der Waals surface area (Å²) >= 11 is 0. The summed E-state index contributed by atoms with van der Waals surface area (Å²) in [5, 5.41) is 0. The third-order valence-corrected chi connectivity index (χ3v) is 4.46. The first-order valence-corrected chi connectivity index (χ1v) is 6.03. The molecule has 0 radical (unpaired) electrons. The van der Waals surface area contributed by atoms with Crippen molar-refractivity contribution in [2.75, 3.05) is 0 Å².